The van der Waals surface area contributed by atoms with Gasteiger partial charge in [-0.15, -0.1) is 0 Å². The fourth-order valence-corrected chi connectivity index (χ4v) is 2.01. The topological polar surface area (TPSA) is 72.2 Å². The molecule has 4 nitrogen and oxygen atoms in total. The smallest absolute Gasteiger partial charge is 0.239 e. The van der Waals surface area contributed by atoms with E-state index in [2.05, 4.69) is 5.32 Å². The molecule has 1 amide bonds. The van der Waals surface area contributed by atoms with Crippen LogP contribution in [0.5, 0.6) is 0 Å². The number of hydrogen-bond acceptors (Lipinski definition) is 3. The molecule has 0 aliphatic rings. The maximum Gasteiger partial charge on any atom is 0.239 e. The molecule has 0 spiro atoms. The van der Waals surface area contributed by atoms with Crippen molar-refractivity contribution < 1.29 is 9.00 Å². The summed E-state index contributed by atoms with van der Waals surface area (Å²) in [5.74, 6) is 0.205. The van der Waals surface area contributed by atoms with Gasteiger partial charge in [0, 0.05) is 16.6 Å². The Balaban J connectivity index is 2.72. The molecule has 0 saturated carbocycles. The van der Waals surface area contributed by atoms with E-state index in [1.807, 2.05) is 0 Å². The second kappa shape index (κ2) is 5.65. The van der Waals surface area contributed by atoms with E-state index in [4.69, 9.17) is 5.73 Å². The van der Waals surface area contributed by atoms with Crippen molar-refractivity contribution in [1.82, 2.24) is 0 Å². The largest absolute Gasteiger partial charge is 0.397 e. The van der Waals surface area contributed by atoms with Crippen molar-refractivity contribution in [3.05, 3.63) is 24.3 Å². The molecule has 3 N–H and O–H groups in total. The molecule has 2 unspecified atom stereocenters. The van der Waals surface area contributed by atoms with Crippen LogP contribution in [0.25, 0.3) is 0 Å². The summed E-state index contributed by atoms with van der Waals surface area (Å²) >= 11 is 0. The molecule has 1 aromatic rings. The summed E-state index contributed by atoms with van der Waals surface area (Å²) in [6.07, 6.45) is 0. The van der Waals surface area contributed by atoms with Gasteiger partial charge >= 0.3 is 0 Å². The van der Waals surface area contributed by atoms with Gasteiger partial charge in [0.1, 0.15) is 5.25 Å². The number of benzene rings is 1. The van der Waals surface area contributed by atoms with Crippen LogP contribution in [0.1, 0.15) is 13.8 Å². The van der Waals surface area contributed by atoms with E-state index in [9.17, 15) is 9.00 Å². The van der Waals surface area contributed by atoms with Crippen molar-refractivity contribution >= 4 is 28.1 Å². The number of nitrogens with two attached hydrogens (primary N) is 1. The minimum atomic E-state index is -1.13. The molecule has 5 heteroatoms. The van der Waals surface area contributed by atoms with Crippen LogP contribution >= 0.6 is 0 Å². The lowest BCUT2D eigenvalue weighted by Gasteiger charge is -2.12. The molecule has 0 saturated heterocycles. The Morgan fingerprint density at radius 3 is 2.69 bits per heavy atom. The van der Waals surface area contributed by atoms with E-state index >= 15 is 0 Å². The molecule has 0 aliphatic carbocycles. The first-order valence-corrected chi connectivity index (χ1v) is 6.47. The zero-order chi connectivity index (χ0) is 12.1. The zero-order valence-electron chi connectivity index (χ0n) is 9.40. The molecule has 88 valence electrons. The third-order valence-corrected chi connectivity index (χ3v) is 3.84. The monoisotopic (exact) mass is 240 g/mol. The van der Waals surface area contributed by atoms with E-state index < -0.39 is 16.0 Å². The van der Waals surface area contributed by atoms with Crippen molar-refractivity contribution in [1.29, 1.82) is 0 Å². The van der Waals surface area contributed by atoms with Gasteiger partial charge in [-0.2, -0.15) is 0 Å². The molecule has 0 heterocycles. The predicted octanol–water partition coefficient (Wildman–Crippen LogP) is 1.36. The first kappa shape index (κ1) is 12.7. The van der Waals surface area contributed by atoms with E-state index in [0.717, 1.165) is 0 Å². The van der Waals surface area contributed by atoms with Crippen LogP contribution in [0.15, 0.2) is 24.3 Å². The van der Waals surface area contributed by atoms with E-state index in [1.54, 1.807) is 38.1 Å². The number of para-hydroxylation sites is 2. The van der Waals surface area contributed by atoms with Gasteiger partial charge in [0.2, 0.25) is 5.91 Å². The highest BCUT2D eigenvalue weighted by atomic mass is 32.2. The average Bonchev–Trinajstić information content (AvgIpc) is 2.30. The first-order valence-electron chi connectivity index (χ1n) is 5.08. The van der Waals surface area contributed by atoms with Gasteiger partial charge in [0.25, 0.3) is 0 Å². The second-order valence-corrected chi connectivity index (χ2v) is 5.43. The van der Waals surface area contributed by atoms with Crippen LogP contribution in [0.3, 0.4) is 0 Å². The third kappa shape index (κ3) is 3.06. The fraction of sp³-hybridized carbons (Fsp3) is 0.364. The third-order valence-electron chi connectivity index (χ3n) is 2.27. The van der Waals surface area contributed by atoms with Crippen molar-refractivity contribution in [2.24, 2.45) is 0 Å². The molecular weight excluding hydrogens is 224 g/mol. The Morgan fingerprint density at radius 1 is 1.50 bits per heavy atom. The molecular formula is C11H16N2O2S. The Bertz CT molecular complexity index is 407. The average molecular weight is 240 g/mol. The summed E-state index contributed by atoms with van der Waals surface area (Å²) in [5, 5.41) is 2.14. The maximum absolute atomic E-state index is 11.7. The summed E-state index contributed by atoms with van der Waals surface area (Å²) < 4.78 is 11.4. The number of amides is 1. The van der Waals surface area contributed by atoms with Crippen LogP contribution < -0.4 is 11.1 Å². The number of carbonyl (C=O) groups is 1. The highest BCUT2D eigenvalue weighted by molar-refractivity contribution is 7.86. The van der Waals surface area contributed by atoms with Crippen LogP contribution in [-0.2, 0) is 15.6 Å². The van der Waals surface area contributed by atoms with Crippen molar-refractivity contribution in [2.45, 2.75) is 19.1 Å². The minimum absolute atomic E-state index is 0.266. The van der Waals surface area contributed by atoms with Crippen molar-refractivity contribution in [3.8, 4) is 0 Å². The number of nitrogens with one attached hydrogen (secondary N) is 1. The standard InChI is InChI=1S/C11H16N2O2S/c1-3-16(15)8(2)11(14)13-10-7-5-4-6-9(10)12/h4-8H,3,12H2,1-2H3,(H,13,14). The Kier molecular flexibility index (Phi) is 4.49. The number of anilines is 2. The summed E-state index contributed by atoms with van der Waals surface area (Å²) in [4.78, 5) is 11.7. The van der Waals surface area contributed by atoms with Gasteiger partial charge in [0.15, 0.2) is 0 Å². The van der Waals surface area contributed by atoms with E-state index in [0.29, 0.717) is 17.1 Å². The second-order valence-electron chi connectivity index (χ2n) is 3.39. The number of nitrogen functional groups attached to an aromatic ring is 1. The molecule has 0 bridgehead atoms. The van der Waals surface area contributed by atoms with Crippen LogP contribution in [0, 0.1) is 0 Å². The highest BCUT2D eigenvalue weighted by Crippen LogP contribution is 2.17. The molecule has 0 fully saturated rings. The molecule has 0 aliphatic heterocycles. The summed E-state index contributed by atoms with van der Waals surface area (Å²) in [7, 11) is -1.13. The lowest BCUT2D eigenvalue weighted by molar-refractivity contribution is -0.115. The summed E-state index contributed by atoms with van der Waals surface area (Å²) in [5.41, 5.74) is 6.75. The predicted molar refractivity (Wildman–Crippen MR) is 67.6 cm³/mol. The van der Waals surface area contributed by atoms with Crippen LogP contribution in [0.2, 0.25) is 0 Å². The van der Waals surface area contributed by atoms with Crippen molar-refractivity contribution in [2.75, 3.05) is 16.8 Å². The molecule has 2 atom stereocenters. The van der Waals surface area contributed by atoms with E-state index in [-0.39, 0.29) is 5.91 Å². The van der Waals surface area contributed by atoms with Gasteiger partial charge in [0.05, 0.1) is 11.4 Å². The lowest BCUT2D eigenvalue weighted by atomic mass is 10.2. The first-order chi connectivity index (χ1) is 7.56. The van der Waals surface area contributed by atoms with Gasteiger partial charge < -0.3 is 11.1 Å². The normalized spacial score (nSPS) is 14.1. The molecule has 1 aromatic carbocycles. The molecule has 0 aromatic heterocycles. The van der Waals surface area contributed by atoms with Gasteiger partial charge in [-0.05, 0) is 19.1 Å². The lowest BCUT2D eigenvalue weighted by Crippen LogP contribution is -2.30. The Labute approximate surface area is 97.7 Å². The van der Waals surface area contributed by atoms with E-state index in [1.165, 1.54) is 0 Å². The van der Waals surface area contributed by atoms with Gasteiger partial charge in [-0.25, -0.2) is 0 Å². The van der Waals surface area contributed by atoms with Gasteiger partial charge in [-0.3, -0.25) is 9.00 Å². The van der Waals surface area contributed by atoms with Crippen LogP contribution in [-0.4, -0.2) is 21.1 Å². The maximum atomic E-state index is 11.7. The minimum Gasteiger partial charge on any atom is -0.397 e. The number of carbonyl (C=O) groups excluding carboxylic acids is 1. The highest BCUT2D eigenvalue weighted by Gasteiger charge is 2.18. The molecule has 0 radical (unpaired) electrons. The number of hydrogen-bond donors (Lipinski definition) is 2. The summed E-state index contributed by atoms with van der Waals surface area (Å²) in [6.45, 7) is 3.44. The van der Waals surface area contributed by atoms with Crippen LogP contribution in [0.4, 0.5) is 11.4 Å². The number of rotatable bonds is 4. The van der Waals surface area contributed by atoms with Crippen molar-refractivity contribution in [3.63, 3.8) is 0 Å². The zero-order valence-corrected chi connectivity index (χ0v) is 10.2. The Hall–Kier alpha value is -1.36. The molecule has 1 rings (SSSR count). The fourth-order valence-electron chi connectivity index (χ4n) is 1.21. The molecule has 16 heavy (non-hydrogen) atoms. The SMILES string of the molecule is CCS(=O)C(C)C(=O)Nc1ccccc1N. The quantitative estimate of drug-likeness (QED) is 0.781. The Morgan fingerprint density at radius 2 is 2.12 bits per heavy atom. The summed E-state index contributed by atoms with van der Waals surface area (Å²) in [6, 6.07) is 7.00. The van der Waals surface area contributed by atoms with Gasteiger partial charge in [-0.1, -0.05) is 19.1 Å².